The maximum atomic E-state index is 10.2. The molecule has 3 rings (SSSR count). The number of hydrogen-bond donors (Lipinski definition) is 1. The highest BCUT2D eigenvalue weighted by atomic mass is 32.1. The molecule has 0 aliphatic rings. The van der Waals surface area contributed by atoms with Crippen LogP contribution < -0.4 is 4.57 Å². The molecule has 0 aliphatic carbocycles. The van der Waals surface area contributed by atoms with E-state index in [1.54, 1.807) is 17.4 Å². The van der Waals surface area contributed by atoms with Gasteiger partial charge in [-0.05, 0) is 25.5 Å². The van der Waals surface area contributed by atoms with E-state index in [4.69, 9.17) is 0 Å². The van der Waals surface area contributed by atoms with Crippen LogP contribution in [0.15, 0.2) is 48.5 Å². The van der Waals surface area contributed by atoms with Gasteiger partial charge in [0.2, 0.25) is 0 Å². The first-order valence-corrected chi connectivity index (χ1v) is 8.08. The van der Waals surface area contributed by atoms with Crippen molar-refractivity contribution in [3.05, 3.63) is 54.6 Å². The fourth-order valence-corrected chi connectivity index (χ4v) is 3.92. The zero-order valence-electron chi connectivity index (χ0n) is 12.3. The molecule has 0 amide bonds. The van der Waals surface area contributed by atoms with Crippen LogP contribution in [-0.2, 0) is 0 Å². The predicted octanol–water partition coefficient (Wildman–Crippen LogP) is 4.76. The smallest absolute Gasteiger partial charge is 0.382 e. The number of para-hydroxylation sites is 2. The highest BCUT2D eigenvalue weighted by Crippen LogP contribution is 2.35. The quantitative estimate of drug-likeness (QED) is 0.419. The lowest BCUT2D eigenvalue weighted by atomic mass is 10.1. The highest BCUT2D eigenvalue weighted by Gasteiger charge is 2.27. The molecule has 0 unspecified atom stereocenters. The van der Waals surface area contributed by atoms with Gasteiger partial charge in [-0.3, -0.25) is 4.57 Å². The molecule has 0 saturated carbocycles. The Morgan fingerprint density at radius 1 is 1.19 bits per heavy atom. The van der Waals surface area contributed by atoms with Crippen molar-refractivity contribution in [1.82, 2.24) is 0 Å². The molecule has 2 aromatic carbocycles. The van der Waals surface area contributed by atoms with E-state index < -0.39 is 0 Å². The fraction of sp³-hybridized carbons (Fsp3) is 0.222. The van der Waals surface area contributed by atoms with E-state index in [0.29, 0.717) is 5.75 Å². The standard InChI is InChI=1S/C18H19NOS/c1-3-8-13(2)19-15-10-5-7-12-17(15)21-18(19)14-9-4-6-11-16(14)20/h4-7,9-12,20H,3,8H2,1-2H3. The molecule has 21 heavy (non-hydrogen) atoms. The average Bonchev–Trinajstić information content (AvgIpc) is 2.87. The monoisotopic (exact) mass is 297 g/mol. The predicted molar refractivity (Wildman–Crippen MR) is 88.3 cm³/mol. The van der Waals surface area contributed by atoms with Gasteiger partial charge >= 0.3 is 5.01 Å². The van der Waals surface area contributed by atoms with Crippen LogP contribution in [0.25, 0.3) is 20.8 Å². The van der Waals surface area contributed by atoms with Gasteiger partial charge in [0.25, 0.3) is 0 Å². The molecule has 0 fully saturated rings. The molecule has 0 bridgehead atoms. The summed E-state index contributed by atoms with van der Waals surface area (Å²) in [6, 6.07) is 17.3. The average molecular weight is 297 g/mol. The molecule has 0 spiro atoms. The zero-order valence-corrected chi connectivity index (χ0v) is 13.2. The Bertz CT molecular complexity index is 763. The van der Waals surface area contributed by atoms with Crippen LogP contribution in [0.5, 0.6) is 5.75 Å². The summed E-state index contributed by atoms with van der Waals surface area (Å²) in [5.74, 6) is 0.335. The van der Waals surface area contributed by atoms with Gasteiger partial charge in [0, 0.05) is 0 Å². The largest absolute Gasteiger partial charge is 0.508 e. The number of thiazole rings is 1. The van der Waals surface area contributed by atoms with E-state index in [2.05, 4.69) is 42.7 Å². The summed E-state index contributed by atoms with van der Waals surface area (Å²) >= 11 is 1.73. The van der Waals surface area contributed by atoms with Crippen molar-refractivity contribution in [2.45, 2.75) is 26.7 Å². The zero-order chi connectivity index (χ0) is 14.8. The van der Waals surface area contributed by atoms with Crippen molar-refractivity contribution < 1.29 is 9.67 Å². The highest BCUT2D eigenvalue weighted by molar-refractivity contribution is 7.21. The molecule has 1 heterocycles. The van der Waals surface area contributed by atoms with Crippen molar-refractivity contribution in [3.8, 4) is 16.3 Å². The summed E-state index contributed by atoms with van der Waals surface area (Å²) in [7, 11) is 0. The molecule has 0 aliphatic heterocycles. The summed E-state index contributed by atoms with van der Waals surface area (Å²) in [5, 5.41) is 11.3. The van der Waals surface area contributed by atoms with Crippen LogP contribution in [0.1, 0.15) is 26.7 Å². The molecular weight excluding hydrogens is 278 g/mol. The van der Waals surface area contributed by atoms with Crippen molar-refractivity contribution in [2.24, 2.45) is 0 Å². The topological polar surface area (TPSA) is 24.1 Å². The van der Waals surface area contributed by atoms with Crippen LogP contribution in [0.2, 0.25) is 0 Å². The third-order valence-corrected chi connectivity index (χ3v) is 4.80. The lowest BCUT2D eigenvalue weighted by Gasteiger charge is -2.12. The van der Waals surface area contributed by atoms with E-state index in [9.17, 15) is 5.11 Å². The maximum absolute atomic E-state index is 10.2. The van der Waals surface area contributed by atoms with Crippen LogP contribution in [0, 0.1) is 6.04 Å². The van der Waals surface area contributed by atoms with E-state index >= 15 is 0 Å². The Hall–Kier alpha value is -2.00. The number of phenols is 1. The van der Waals surface area contributed by atoms with Gasteiger partial charge in [-0.15, -0.1) is 12.1 Å². The minimum Gasteiger partial charge on any atom is -0.508 e. The van der Waals surface area contributed by atoms with E-state index in [1.807, 2.05) is 18.2 Å². The van der Waals surface area contributed by atoms with Crippen molar-refractivity contribution in [3.63, 3.8) is 0 Å². The van der Waals surface area contributed by atoms with Gasteiger partial charge in [-0.1, -0.05) is 31.5 Å². The van der Waals surface area contributed by atoms with Crippen molar-refractivity contribution in [2.75, 3.05) is 0 Å². The van der Waals surface area contributed by atoms with Crippen molar-refractivity contribution >= 4 is 21.6 Å². The molecule has 1 aromatic heterocycles. The number of fused-ring (bicyclic) bond motifs is 1. The minimum atomic E-state index is 0.335. The Morgan fingerprint density at radius 3 is 2.71 bits per heavy atom. The molecule has 108 valence electrons. The molecule has 3 aromatic rings. The maximum Gasteiger partial charge on any atom is 0.382 e. The van der Waals surface area contributed by atoms with Crippen LogP contribution >= 0.6 is 11.3 Å². The Morgan fingerprint density at radius 2 is 1.95 bits per heavy atom. The molecule has 0 saturated heterocycles. The first kappa shape index (κ1) is 14.0. The van der Waals surface area contributed by atoms with Gasteiger partial charge in [0.15, 0.2) is 16.0 Å². The van der Waals surface area contributed by atoms with Gasteiger partial charge in [0.1, 0.15) is 11.3 Å². The molecule has 2 nitrogen and oxygen atoms in total. The third-order valence-electron chi connectivity index (χ3n) is 3.64. The summed E-state index contributed by atoms with van der Waals surface area (Å²) in [6.45, 7) is 4.37. The molecule has 1 N–H and O–H groups in total. The molecule has 3 heteroatoms. The summed E-state index contributed by atoms with van der Waals surface area (Å²) in [5.41, 5.74) is 2.11. The number of benzene rings is 2. The first-order chi connectivity index (χ1) is 10.2. The second-order valence-corrected chi connectivity index (χ2v) is 6.24. The van der Waals surface area contributed by atoms with Gasteiger partial charge in [-0.25, -0.2) is 0 Å². The Kier molecular flexibility index (Phi) is 3.84. The summed E-state index contributed by atoms with van der Waals surface area (Å²) in [4.78, 5) is 0. The van der Waals surface area contributed by atoms with Gasteiger partial charge in [0.05, 0.1) is 11.6 Å². The van der Waals surface area contributed by atoms with E-state index in [-0.39, 0.29) is 0 Å². The molecule has 0 radical (unpaired) electrons. The van der Waals surface area contributed by atoms with Gasteiger partial charge in [-0.2, -0.15) is 6.07 Å². The lowest BCUT2D eigenvalue weighted by molar-refractivity contribution is -0.616. The molecule has 0 atom stereocenters. The SMILES string of the molecule is CCC[C-](C)[n+]1c(-c2ccccc2O)[s+][c-]2ccccc21. The number of aromatic nitrogens is 1. The fourth-order valence-electron chi connectivity index (χ4n) is 2.67. The van der Waals surface area contributed by atoms with E-state index in [1.165, 1.54) is 16.3 Å². The van der Waals surface area contributed by atoms with Gasteiger partial charge < -0.3 is 5.11 Å². The third kappa shape index (κ3) is 2.49. The Labute approximate surface area is 129 Å². The van der Waals surface area contributed by atoms with E-state index in [0.717, 1.165) is 23.4 Å². The normalized spacial score (nSPS) is 11.0. The second-order valence-electron chi connectivity index (χ2n) is 5.21. The number of rotatable bonds is 4. The van der Waals surface area contributed by atoms with Crippen LogP contribution in [0.3, 0.4) is 0 Å². The lowest BCUT2D eigenvalue weighted by Crippen LogP contribution is -2.39. The second kappa shape index (κ2) is 5.78. The number of phenolic OH excluding ortho intramolecular Hbond substituents is 1. The minimum absolute atomic E-state index is 0.335. The number of aromatic hydroxyl groups is 1. The summed E-state index contributed by atoms with van der Waals surface area (Å²) < 4.78 is 3.53. The van der Waals surface area contributed by atoms with Crippen LogP contribution in [0.4, 0.5) is 0 Å². The summed E-state index contributed by atoms with van der Waals surface area (Å²) in [6.07, 6.45) is 2.16. The molecular formula is C18H19NOS. The first-order valence-electron chi connectivity index (χ1n) is 7.27. The van der Waals surface area contributed by atoms with Crippen LogP contribution in [-0.4, -0.2) is 5.11 Å². The number of hydrogen-bond acceptors (Lipinski definition) is 1. The number of nitrogens with zero attached hydrogens (tertiary/aromatic N) is 1. The van der Waals surface area contributed by atoms with Crippen molar-refractivity contribution in [1.29, 1.82) is 0 Å². The Balaban J connectivity index is 2.26.